The minimum Gasteiger partial charge on any atom is -0.388 e. The molecule has 1 heterocycles. The van der Waals surface area contributed by atoms with E-state index in [0.717, 1.165) is 5.39 Å². The molecule has 60 valence electrons. The number of benzene rings is 1. The van der Waals surface area contributed by atoms with E-state index in [1.165, 1.54) is 0 Å². The smallest absolute Gasteiger partial charge is 0.167 e. The first-order chi connectivity index (χ1) is 5.79. The molecule has 0 atom stereocenters. The van der Waals surface area contributed by atoms with E-state index in [2.05, 4.69) is 5.16 Å². The number of hydrogen-bond acceptors (Lipinski definition) is 3. The third-order valence-electron chi connectivity index (χ3n) is 1.61. The molecular formula is C8H6N2OS. The van der Waals surface area contributed by atoms with Gasteiger partial charge in [-0.05, 0) is 12.1 Å². The van der Waals surface area contributed by atoms with Crippen LogP contribution in [0.1, 0.15) is 5.69 Å². The molecular weight excluding hydrogens is 172 g/mol. The Labute approximate surface area is 74.1 Å². The topological polar surface area (TPSA) is 52.0 Å². The van der Waals surface area contributed by atoms with E-state index in [-0.39, 0.29) is 4.99 Å². The van der Waals surface area contributed by atoms with Crippen molar-refractivity contribution >= 4 is 28.2 Å². The monoisotopic (exact) mass is 178 g/mol. The van der Waals surface area contributed by atoms with Gasteiger partial charge in [-0.25, -0.2) is 0 Å². The minimum atomic E-state index is 0.264. The van der Waals surface area contributed by atoms with Crippen LogP contribution in [0.3, 0.4) is 0 Å². The zero-order chi connectivity index (χ0) is 8.55. The fourth-order valence-corrected chi connectivity index (χ4v) is 1.21. The molecule has 0 aliphatic rings. The lowest BCUT2D eigenvalue weighted by atomic mass is 10.2. The molecule has 0 aliphatic heterocycles. The van der Waals surface area contributed by atoms with Crippen molar-refractivity contribution in [3.8, 4) is 0 Å². The molecule has 3 nitrogen and oxygen atoms in total. The Bertz CT molecular complexity index is 435. The molecule has 0 fully saturated rings. The molecule has 0 spiro atoms. The van der Waals surface area contributed by atoms with Gasteiger partial charge < -0.3 is 10.3 Å². The van der Waals surface area contributed by atoms with Crippen molar-refractivity contribution in [1.29, 1.82) is 0 Å². The first-order valence-corrected chi connectivity index (χ1v) is 3.84. The summed E-state index contributed by atoms with van der Waals surface area (Å²) in [6, 6.07) is 7.46. The van der Waals surface area contributed by atoms with Crippen LogP contribution in [0.15, 0.2) is 28.8 Å². The Hall–Kier alpha value is -1.42. The summed E-state index contributed by atoms with van der Waals surface area (Å²) >= 11 is 4.80. The van der Waals surface area contributed by atoms with Gasteiger partial charge in [0.1, 0.15) is 10.7 Å². The molecule has 4 heteroatoms. The van der Waals surface area contributed by atoms with Crippen molar-refractivity contribution < 1.29 is 4.52 Å². The number of hydrogen-bond donors (Lipinski definition) is 1. The van der Waals surface area contributed by atoms with Gasteiger partial charge in [-0.1, -0.05) is 29.5 Å². The molecule has 12 heavy (non-hydrogen) atoms. The van der Waals surface area contributed by atoms with E-state index in [1.807, 2.05) is 24.3 Å². The number of fused-ring (bicyclic) bond motifs is 1. The van der Waals surface area contributed by atoms with Crippen LogP contribution in [0.2, 0.25) is 0 Å². The number of aromatic nitrogens is 1. The van der Waals surface area contributed by atoms with Gasteiger partial charge in [0.15, 0.2) is 5.58 Å². The Morgan fingerprint density at radius 1 is 1.42 bits per heavy atom. The predicted octanol–water partition coefficient (Wildman–Crippen LogP) is 1.46. The van der Waals surface area contributed by atoms with Crippen molar-refractivity contribution in [3.63, 3.8) is 0 Å². The molecule has 0 unspecified atom stereocenters. The fraction of sp³-hybridized carbons (Fsp3) is 0. The quantitative estimate of drug-likeness (QED) is 0.672. The third-order valence-corrected chi connectivity index (χ3v) is 1.80. The van der Waals surface area contributed by atoms with Crippen molar-refractivity contribution in [1.82, 2.24) is 5.16 Å². The van der Waals surface area contributed by atoms with Gasteiger partial charge in [-0.15, -0.1) is 0 Å². The lowest BCUT2D eigenvalue weighted by molar-refractivity contribution is 0.455. The summed E-state index contributed by atoms with van der Waals surface area (Å²) in [4.78, 5) is 0.264. The second kappa shape index (κ2) is 2.57. The van der Waals surface area contributed by atoms with Crippen LogP contribution in [0.5, 0.6) is 0 Å². The summed E-state index contributed by atoms with van der Waals surface area (Å²) in [5, 5.41) is 4.62. The van der Waals surface area contributed by atoms with Gasteiger partial charge in [0, 0.05) is 0 Å². The largest absolute Gasteiger partial charge is 0.388 e. The Kier molecular flexibility index (Phi) is 1.55. The molecule has 0 bridgehead atoms. The van der Waals surface area contributed by atoms with Gasteiger partial charge in [0.25, 0.3) is 0 Å². The Morgan fingerprint density at radius 3 is 2.92 bits per heavy atom. The highest BCUT2D eigenvalue weighted by atomic mass is 32.1. The molecule has 0 saturated carbocycles. The number of thiocarbonyl (C=S) groups is 1. The summed E-state index contributed by atoms with van der Waals surface area (Å²) < 4.78 is 4.99. The molecule has 0 aliphatic carbocycles. The molecule has 2 rings (SSSR count). The van der Waals surface area contributed by atoms with Crippen LogP contribution < -0.4 is 5.73 Å². The zero-order valence-corrected chi connectivity index (χ0v) is 6.97. The van der Waals surface area contributed by atoms with Crippen molar-refractivity contribution in [3.05, 3.63) is 30.0 Å². The fourth-order valence-electron chi connectivity index (χ4n) is 1.06. The summed E-state index contributed by atoms with van der Waals surface area (Å²) in [6.07, 6.45) is 0. The van der Waals surface area contributed by atoms with E-state index in [9.17, 15) is 0 Å². The SMILES string of the molecule is NC(=S)c1noc2ccccc12. The normalized spacial score (nSPS) is 10.3. The lowest BCUT2D eigenvalue weighted by Crippen LogP contribution is -2.09. The van der Waals surface area contributed by atoms with Gasteiger partial charge in [0.05, 0.1) is 5.39 Å². The van der Waals surface area contributed by atoms with Crippen LogP contribution in [-0.2, 0) is 0 Å². The van der Waals surface area contributed by atoms with Crippen LogP contribution in [-0.4, -0.2) is 10.1 Å². The van der Waals surface area contributed by atoms with Crippen molar-refractivity contribution in [2.24, 2.45) is 5.73 Å². The zero-order valence-electron chi connectivity index (χ0n) is 6.15. The van der Waals surface area contributed by atoms with E-state index in [1.54, 1.807) is 0 Å². The van der Waals surface area contributed by atoms with Gasteiger partial charge in [-0.2, -0.15) is 0 Å². The Balaban J connectivity index is 2.79. The summed E-state index contributed by atoms with van der Waals surface area (Å²) in [7, 11) is 0. The second-order valence-corrected chi connectivity index (χ2v) is 2.83. The number of nitrogens with zero attached hydrogens (tertiary/aromatic N) is 1. The first kappa shape index (κ1) is 7.24. The summed E-state index contributed by atoms with van der Waals surface area (Å²) in [5.41, 5.74) is 6.70. The highest BCUT2D eigenvalue weighted by Crippen LogP contribution is 2.16. The van der Waals surface area contributed by atoms with Crippen LogP contribution in [0.4, 0.5) is 0 Å². The van der Waals surface area contributed by atoms with Gasteiger partial charge >= 0.3 is 0 Å². The number of nitrogens with two attached hydrogens (primary N) is 1. The van der Waals surface area contributed by atoms with Crippen LogP contribution in [0.25, 0.3) is 11.0 Å². The molecule has 2 N–H and O–H groups in total. The van der Waals surface area contributed by atoms with Gasteiger partial charge in [-0.3, -0.25) is 0 Å². The van der Waals surface area contributed by atoms with E-state index in [0.29, 0.717) is 11.3 Å². The average Bonchev–Trinajstić information content (AvgIpc) is 2.47. The molecule has 1 aromatic carbocycles. The third kappa shape index (κ3) is 0.967. The second-order valence-electron chi connectivity index (χ2n) is 2.39. The molecule has 0 amide bonds. The highest BCUT2D eigenvalue weighted by Gasteiger charge is 2.08. The maximum absolute atomic E-state index is 5.43. The molecule has 1 aromatic heterocycles. The maximum atomic E-state index is 5.43. The molecule has 0 radical (unpaired) electrons. The average molecular weight is 178 g/mol. The summed E-state index contributed by atoms with van der Waals surface area (Å²) in [6.45, 7) is 0. The summed E-state index contributed by atoms with van der Waals surface area (Å²) in [5.74, 6) is 0. The van der Waals surface area contributed by atoms with E-state index in [4.69, 9.17) is 22.5 Å². The van der Waals surface area contributed by atoms with Crippen LogP contribution in [0, 0.1) is 0 Å². The predicted molar refractivity (Wildman–Crippen MR) is 49.9 cm³/mol. The highest BCUT2D eigenvalue weighted by molar-refractivity contribution is 7.80. The molecule has 2 aromatic rings. The first-order valence-electron chi connectivity index (χ1n) is 3.43. The molecule has 0 saturated heterocycles. The number of para-hydroxylation sites is 1. The van der Waals surface area contributed by atoms with E-state index >= 15 is 0 Å². The standard InChI is InChI=1S/C8H6N2OS/c9-8(12)7-5-3-1-2-4-6(5)11-10-7/h1-4H,(H2,9,12). The van der Waals surface area contributed by atoms with Crippen LogP contribution >= 0.6 is 12.2 Å². The number of rotatable bonds is 1. The van der Waals surface area contributed by atoms with E-state index < -0.39 is 0 Å². The maximum Gasteiger partial charge on any atom is 0.167 e. The Morgan fingerprint density at radius 2 is 2.17 bits per heavy atom. The van der Waals surface area contributed by atoms with Crippen molar-refractivity contribution in [2.45, 2.75) is 0 Å². The van der Waals surface area contributed by atoms with Crippen molar-refractivity contribution in [2.75, 3.05) is 0 Å². The minimum absolute atomic E-state index is 0.264. The lowest BCUT2D eigenvalue weighted by Gasteiger charge is -1.88. The van der Waals surface area contributed by atoms with Gasteiger partial charge in [0.2, 0.25) is 0 Å².